The maximum absolute atomic E-state index is 5.79. The largest absolute Gasteiger partial charge is 0.496 e. The van der Waals surface area contributed by atoms with Crippen LogP contribution in [0.3, 0.4) is 0 Å². The molecule has 102 valence electrons. The molecule has 0 aliphatic rings. The molecular formula is C17H17NO2. The first-order valence-corrected chi connectivity index (χ1v) is 6.76. The predicted molar refractivity (Wildman–Crippen MR) is 80.1 cm³/mol. The Kier molecular flexibility index (Phi) is 3.18. The zero-order chi connectivity index (χ0) is 14.1. The van der Waals surface area contributed by atoms with Crippen LogP contribution in [0.25, 0.3) is 22.2 Å². The summed E-state index contributed by atoms with van der Waals surface area (Å²) < 4.78 is 11.4. The van der Waals surface area contributed by atoms with Gasteiger partial charge in [0.15, 0.2) is 0 Å². The third-order valence-corrected chi connectivity index (χ3v) is 3.48. The van der Waals surface area contributed by atoms with Crippen molar-refractivity contribution >= 4 is 11.0 Å². The first-order chi connectivity index (χ1) is 9.74. The Morgan fingerprint density at radius 3 is 2.75 bits per heavy atom. The molecular weight excluding hydrogens is 250 g/mol. The molecule has 3 nitrogen and oxygen atoms in total. The third kappa shape index (κ3) is 1.95. The predicted octanol–water partition coefficient (Wildman–Crippen LogP) is 4.37. The SMILES string of the molecule is CCc1cc2oc(C)cc2c(-c2ccccn2)c1OC. The normalized spacial score (nSPS) is 10.9. The van der Waals surface area contributed by atoms with Gasteiger partial charge in [0.2, 0.25) is 0 Å². The van der Waals surface area contributed by atoms with E-state index >= 15 is 0 Å². The van der Waals surface area contributed by atoms with E-state index in [2.05, 4.69) is 18.0 Å². The highest BCUT2D eigenvalue weighted by Crippen LogP contribution is 2.40. The highest BCUT2D eigenvalue weighted by molar-refractivity contribution is 5.98. The Labute approximate surface area is 118 Å². The van der Waals surface area contributed by atoms with Crippen molar-refractivity contribution in [2.45, 2.75) is 20.3 Å². The average molecular weight is 267 g/mol. The molecule has 3 aromatic rings. The molecule has 0 saturated heterocycles. The summed E-state index contributed by atoms with van der Waals surface area (Å²) in [5, 5.41) is 1.05. The van der Waals surface area contributed by atoms with Crippen molar-refractivity contribution < 1.29 is 9.15 Å². The maximum atomic E-state index is 5.79. The van der Waals surface area contributed by atoms with Crippen molar-refractivity contribution in [1.29, 1.82) is 0 Å². The van der Waals surface area contributed by atoms with Crippen LogP contribution >= 0.6 is 0 Å². The second-order valence-corrected chi connectivity index (χ2v) is 4.78. The molecule has 1 aromatic carbocycles. The standard InChI is InChI=1S/C17H17NO2/c1-4-12-10-15-13(9-11(2)20-15)16(17(12)19-3)14-7-5-6-8-18-14/h5-10H,4H2,1-3H3. The summed E-state index contributed by atoms with van der Waals surface area (Å²) in [4.78, 5) is 4.47. The topological polar surface area (TPSA) is 35.3 Å². The van der Waals surface area contributed by atoms with E-state index in [0.717, 1.165) is 45.7 Å². The van der Waals surface area contributed by atoms with Gasteiger partial charge in [-0.25, -0.2) is 0 Å². The second-order valence-electron chi connectivity index (χ2n) is 4.78. The molecule has 0 atom stereocenters. The number of fused-ring (bicyclic) bond motifs is 1. The third-order valence-electron chi connectivity index (χ3n) is 3.48. The van der Waals surface area contributed by atoms with Gasteiger partial charge in [-0.2, -0.15) is 0 Å². The van der Waals surface area contributed by atoms with E-state index in [1.54, 1.807) is 13.3 Å². The van der Waals surface area contributed by atoms with Gasteiger partial charge in [0.1, 0.15) is 17.1 Å². The fourth-order valence-corrected chi connectivity index (χ4v) is 2.60. The van der Waals surface area contributed by atoms with Crippen LogP contribution < -0.4 is 4.74 Å². The lowest BCUT2D eigenvalue weighted by Crippen LogP contribution is -1.95. The first-order valence-electron chi connectivity index (χ1n) is 6.76. The smallest absolute Gasteiger partial charge is 0.135 e. The molecule has 0 radical (unpaired) electrons. The van der Waals surface area contributed by atoms with Gasteiger partial charge in [0.05, 0.1) is 18.4 Å². The quantitative estimate of drug-likeness (QED) is 0.706. The highest BCUT2D eigenvalue weighted by atomic mass is 16.5. The Hall–Kier alpha value is -2.29. The van der Waals surface area contributed by atoms with Crippen LogP contribution in [0.1, 0.15) is 18.2 Å². The minimum Gasteiger partial charge on any atom is -0.496 e. The van der Waals surface area contributed by atoms with Crippen LogP contribution in [0.15, 0.2) is 40.9 Å². The van der Waals surface area contributed by atoms with Gasteiger partial charge in [0, 0.05) is 11.6 Å². The zero-order valence-electron chi connectivity index (χ0n) is 11.9. The summed E-state index contributed by atoms with van der Waals surface area (Å²) >= 11 is 0. The van der Waals surface area contributed by atoms with E-state index in [9.17, 15) is 0 Å². The molecule has 0 unspecified atom stereocenters. The molecule has 2 heterocycles. The van der Waals surface area contributed by atoms with Crippen LogP contribution in [-0.4, -0.2) is 12.1 Å². The first kappa shape index (κ1) is 12.7. The van der Waals surface area contributed by atoms with E-state index in [1.807, 2.05) is 31.2 Å². The monoisotopic (exact) mass is 267 g/mol. The van der Waals surface area contributed by atoms with Crippen molar-refractivity contribution in [2.75, 3.05) is 7.11 Å². The number of pyridine rings is 1. The Morgan fingerprint density at radius 1 is 1.25 bits per heavy atom. The number of hydrogen-bond donors (Lipinski definition) is 0. The van der Waals surface area contributed by atoms with Crippen molar-refractivity contribution in [1.82, 2.24) is 4.98 Å². The van der Waals surface area contributed by atoms with Gasteiger partial charge in [-0.3, -0.25) is 4.98 Å². The molecule has 0 aliphatic carbocycles. The number of nitrogens with zero attached hydrogens (tertiary/aromatic N) is 1. The number of methoxy groups -OCH3 is 1. The van der Waals surface area contributed by atoms with E-state index in [1.165, 1.54) is 0 Å². The van der Waals surface area contributed by atoms with Gasteiger partial charge >= 0.3 is 0 Å². The summed E-state index contributed by atoms with van der Waals surface area (Å²) in [5.74, 6) is 1.78. The number of furan rings is 1. The van der Waals surface area contributed by atoms with Gasteiger partial charge in [-0.15, -0.1) is 0 Å². The number of hydrogen-bond acceptors (Lipinski definition) is 3. The summed E-state index contributed by atoms with van der Waals surface area (Å²) in [5.41, 5.74) is 3.94. The molecule has 20 heavy (non-hydrogen) atoms. The van der Waals surface area contributed by atoms with Gasteiger partial charge < -0.3 is 9.15 Å². The van der Waals surface area contributed by atoms with Crippen LogP contribution in [0.4, 0.5) is 0 Å². The van der Waals surface area contributed by atoms with Crippen molar-refractivity contribution in [2.24, 2.45) is 0 Å². The lowest BCUT2D eigenvalue weighted by molar-refractivity contribution is 0.412. The summed E-state index contributed by atoms with van der Waals surface area (Å²) in [7, 11) is 1.71. The number of benzene rings is 1. The zero-order valence-corrected chi connectivity index (χ0v) is 11.9. The highest BCUT2D eigenvalue weighted by Gasteiger charge is 2.18. The van der Waals surface area contributed by atoms with Crippen molar-refractivity contribution in [3.8, 4) is 17.0 Å². The molecule has 0 bridgehead atoms. The fraction of sp³-hybridized carbons (Fsp3) is 0.235. The van der Waals surface area contributed by atoms with Crippen LogP contribution in [0.2, 0.25) is 0 Å². The van der Waals surface area contributed by atoms with Crippen molar-refractivity contribution in [3.63, 3.8) is 0 Å². The molecule has 0 N–H and O–H groups in total. The molecule has 0 aliphatic heterocycles. The summed E-state index contributed by atoms with van der Waals surface area (Å²) in [6.45, 7) is 4.07. The Balaban J connectivity index is 2.42. The van der Waals surface area contributed by atoms with E-state index in [-0.39, 0.29) is 0 Å². The van der Waals surface area contributed by atoms with Gasteiger partial charge in [-0.05, 0) is 43.2 Å². The van der Waals surface area contributed by atoms with E-state index in [4.69, 9.17) is 9.15 Å². The van der Waals surface area contributed by atoms with Crippen LogP contribution in [-0.2, 0) is 6.42 Å². The lowest BCUT2D eigenvalue weighted by Gasteiger charge is -2.13. The number of aromatic nitrogens is 1. The van der Waals surface area contributed by atoms with Crippen LogP contribution in [0.5, 0.6) is 5.75 Å². The number of ether oxygens (including phenoxy) is 1. The molecule has 0 amide bonds. The summed E-state index contributed by atoms with van der Waals surface area (Å²) in [6, 6.07) is 10.0. The van der Waals surface area contributed by atoms with Crippen molar-refractivity contribution in [3.05, 3.63) is 47.9 Å². The molecule has 0 fully saturated rings. The van der Waals surface area contributed by atoms with Crippen LogP contribution in [0, 0.1) is 6.92 Å². The lowest BCUT2D eigenvalue weighted by atomic mass is 9.99. The molecule has 3 heteroatoms. The summed E-state index contributed by atoms with van der Waals surface area (Å²) in [6.07, 6.45) is 2.69. The maximum Gasteiger partial charge on any atom is 0.135 e. The molecule has 3 rings (SSSR count). The fourth-order valence-electron chi connectivity index (χ4n) is 2.60. The average Bonchev–Trinajstić information content (AvgIpc) is 2.85. The minimum atomic E-state index is 0.888. The minimum absolute atomic E-state index is 0.888. The van der Waals surface area contributed by atoms with Gasteiger partial charge in [-0.1, -0.05) is 13.0 Å². The Bertz CT molecular complexity index is 745. The Morgan fingerprint density at radius 2 is 2.10 bits per heavy atom. The van der Waals surface area contributed by atoms with E-state index in [0.29, 0.717) is 0 Å². The van der Waals surface area contributed by atoms with Gasteiger partial charge in [0.25, 0.3) is 0 Å². The van der Waals surface area contributed by atoms with E-state index < -0.39 is 0 Å². The molecule has 0 spiro atoms. The molecule has 2 aromatic heterocycles. The second kappa shape index (κ2) is 5.00. The molecule has 0 saturated carbocycles. The number of aryl methyl sites for hydroxylation is 2. The number of rotatable bonds is 3.